The second-order valence-corrected chi connectivity index (χ2v) is 5.07. The molecule has 0 N–H and O–H groups in total. The summed E-state index contributed by atoms with van der Waals surface area (Å²) >= 11 is 0. The van der Waals surface area contributed by atoms with Crippen molar-refractivity contribution in [2.24, 2.45) is 0 Å². The van der Waals surface area contributed by atoms with Gasteiger partial charge in [0.05, 0.1) is 5.52 Å². The average molecular weight is 295 g/mol. The SMILES string of the molecule is CCN(CC)c1nc(-c2ccc(F)cc2)nc2ccccc12. The number of nitrogens with zero attached hydrogens (tertiary/aromatic N) is 3. The predicted octanol–water partition coefficient (Wildman–Crippen LogP) is 4.28. The minimum atomic E-state index is -0.256. The zero-order valence-corrected chi connectivity index (χ0v) is 12.8. The van der Waals surface area contributed by atoms with Gasteiger partial charge in [0, 0.05) is 24.0 Å². The zero-order chi connectivity index (χ0) is 15.5. The van der Waals surface area contributed by atoms with E-state index in [1.165, 1.54) is 12.1 Å². The molecule has 0 aliphatic heterocycles. The van der Waals surface area contributed by atoms with Crippen molar-refractivity contribution >= 4 is 16.7 Å². The van der Waals surface area contributed by atoms with Gasteiger partial charge >= 0.3 is 0 Å². The number of rotatable bonds is 4. The fraction of sp³-hybridized carbons (Fsp3) is 0.222. The first kappa shape index (κ1) is 14.4. The molecule has 0 saturated heterocycles. The Labute approximate surface area is 129 Å². The summed E-state index contributed by atoms with van der Waals surface area (Å²) in [5, 5.41) is 1.04. The number of aromatic nitrogens is 2. The van der Waals surface area contributed by atoms with Gasteiger partial charge in [-0.05, 0) is 50.2 Å². The molecule has 1 aromatic heterocycles. The molecule has 0 aliphatic rings. The normalized spacial score (nSPS) is 10.9. The van der Waals surface area contributed by atoms with Gasteiger partial charge in [-0.3, -0.25) is 0 Å². The first-order valence-electron chi connectivity index (χ1n) is 7.50. The quantitative estimate of drug-likeness (QED) is 0.719. The van der Waals surface area contributed by atoms with Crippen LogP contribution in [-0.2, 0) is 0 Å². The number of para-hydroxylation sites is 1. The molecule has 0 fully saturated rings. The Bertz CT molecular complexity index is 780. The van der Waals surface area contributed by atoms with Gasteiger partial charge in [0.1, 0.15) is 11.6 Å². The van der Waals surface area contributed by atoms with E-state index in [9.17, 15) is 4.39 Å². The van der Waals surface area contributed by atoms with Crippen molar-refractivity contribution in [3.05, 3.63) is 54.3 Å². The van der Waals surface area contributed by atoms with Crippen LogP contribution in [0.1, 0.15) is 13.8 Å². The van der Waals surface area contributed by atoms with E-state index >= 15 is 0 Å². The van der Waals surface area contributed by atoms with Crippen LogP contribution >= 0.6 is 0 Å². The van der Waals surface area contributed by atoms with Crippen LogP contribution in [0.25, 0.3) is 22.3 Å². The number of hydrogen-bond donors (Lipinski definition) is 0. The second kappa shape index (κ2) is 6.10. The van der Waals surface area contributed by atoms with Crippen molar-refractivity contribution in [1.82, 2.24) is 9.97 Å². The molecule has 0 spiro atoms. The Morgan fingerprint density at radius 2 is 1.59 bits per heavy atom. The lowest BCUT2D eigenvalue weighted by Gasteiger charge is -2.22. The van der Waals surface area contributed by atoms with E-state index in [1.54, 1.807) is 12.1 Å². The molecule has 0 aliphatic carbocycles. The zero-order valence-electron chi connectivity index (χ0n) is 12.8. The van der Waals surface area contributed by atoms with Gasteiger partial charge in [-0.1, -0.05) is 12.1 Å². The van der Waals surface area contributed by atoms with Gasteiger partial charge in [0.25, 0.3) is 0 Å². The minimum Gasteiger partial charge on any atom is -0.357 e. The number of anilines is 1. The Kier molecular flexibility index (Phi) is 4.00. The Morgan fingerprint density at radius 1 is 0.909 bits per heavy atom. The van der Waals surface area contributed by atoms with Gasteiger partial charge in [-0.15, -0.1) is 0 Å². The Hall–Kier alpha value is -2.49. The fourth-order valence-electron chi connectivity index (χ4n) is 2.55. The van der Waals surface area contributed by atoms with Crippen LogP contribution in [0.4, 0.5) is 10.2 Å². The van der Waals surface area contributed by atoms with Crippen molar-refractivity contribution in [3.8, 4) is 11.4 Å². The second-order valence-electron chi connectivity index (χ2n) is 5.07. The third-order valence-electron chi connectivity index (χ3n) is 3.75. The molecule has 112 valence electrons. The van der Waals surface area contributed by atoms with Crippen LogP contribution in [0.5, 0.6) is 0 Å². The summed E-state index contributed by atoms with van der Waals surface area (Å²) in [7, 11) is 0. The molecule has 1 heterocycles. The Balaban J connectivity index is 2.22. The summed E-state index contributed by atoms with van der Waals surface area (Å²) < 4.78 is 13.1. The van der Waals surface area contributed by atoms with E-state index in [4.69, 9.17) is 4.98 Å². The van der Waals surface area contributed by atoms with Crippen LogP contribution in [0.15, 0.2) is 48.5 Å². The highest BCUT2D eigenvalue weighted by molar-refractivity contribution is 5.91. The smallest absolute Gasteiger partial charge is 0.162 e. The topological polar surface area (TPSA) is 29.0 Å². The molecule has 0 bridgehead atoms. The monoisotopic (exact) mass is 295 g/mol. The molecule has 3 nitrogen and oxygen atoms in total. The predicted molar refractivity (Wildman–Crippen MR) is 88.5 cm³/mol. The summed E-state index contributed by atoms with van der Waals surface area (Å²) in [5.74, 6) is 1.30. The molecule has 4 heteroatoms. The lowest BCUT2D eigenvalue weighted by Crippen LogP contribution is -2.23. The van der Waals surface area contributed by atoms with Gasteiger partial charge in [-0.25, -0.2) is 14.4 Å². The van der Waals surface area contributed by atoms with Crippen molar-refractivity contribution in [2.75, 3.05) is 18.0 Å². The maximum Gasteiger partial charge on any atom is 0.162 e. The molecule has 0 unspecified atom stereocenters. The fourth-order valence-corrected chi connectivity index (χ4v) is 2.55. The number of benzene rings is 2. The average Bonchev–Trinajstić information content (AvgIpc) is 2.56. The van der Waals surface area contributed by atoms with Crippen molar-refractivity contribution in [1.29, 1.82) is 0 Å². The molecule has 22 heavy (non-hydrogen) atoms. The summed E-state index contributed by atoms with van der Waals surface area (Å²) in [6.07, 6.45) is 0. The molecule has 3 aromatic rings. The standard InChI is InChI=1S/C18H18FN3/c1-3-22(4-2)18-15-7-5-6-8-16(15)20-17(21-18)13-9-11-14(19)12-10-13/h5-12H,3-4H2,1-2H3. The van der Waals surface area contributed by atoms with E-state index in [0.717, 1.165) is 35.4 Å². The van der Waals surface area contributed by atoms with Crippen LogP contribution in [-0.4, -0.2) is 23.1 Å². The largest absolute Gasteiger partial charge is 0.357 e. The highest BCUT2D eigenvalue weighted by Gasteiger charge is 2.13. The first-order valence-corrected chi connectivity index (χ1v) is 7.50. The lowest BCUT2D eigenvalue weighted by molar-refractivity contribution is 0.628. The van der Waals surface area contributed by atoms with Crippen LogP contribution in [0.2, 0.25) is 0 Å². The summed E-state index contributed by atoms with van der Waals surface area (Å²) in [4.78, 5) is 11.6. The third-order valence-corrected chi connectivity index (χ3v) is 3.75. The van der Waals surface area contributed by atoms with Crippen LogP contribution in [0.3, 0.4) is 0 Å². The van der Waals surface area contributed by atoms with Gasteiger partial charge in [-0.2, -0.15) is 0 Å². The molecule has 0 atom stereocenters. The molecule has 2 aromatic carbocycles. The minimum absolute atomic E-state index is 0.256. The van der Waals surface area contributed by atoms with E-state index in [-0.39, 0.29) is 5.82 Å². The highest BCUT2D eigenvalue weighted by atomic mass is 19.1. The van der Waals surface area contributed by atoms with E-state index in [1.807, 2.05) is 24.3 Å². The third kappa shape index (κ3) is 2.64. The lowest BCUT2D eigenvalue weighted by atomic mass is 10.1. The van der Waals surface area contributed by atoms with Gasteiger partial charge in [0.15, 0.2) is 5.82 Å². The summed E-state index contributed by atoms with van der Waals surface area (Å²) in [5.41, 5.74) is 1.72. The molecule has 0 amide bonds. The van der Waals surface area contributed by atoms with Gasteiger partial charge in [0.2, 0.25) is 0 Å². The Morgan fingerprint density at radius 3 is 2.27 bits per heavy atom. The highest BCUT2D eigenvalue weighted by Crippen LogP contribution is 2.27. The summed E-state index contributed by atoms with van der Waals surface area (Å²) in [6.45, 7) is 5.97. The molecular formula is C18H18FN3. The van der Waals surface area contributed by atoms with Crippen LogP contribution in [0, 0.1) is 5.82 Å². The number of fused-ring (bicyclic) bond motifs is 1. The van der Waals surface area contributed by atoms with Crippen LogP contribution < -0.4 is 4.90 Å². The molecule has 0 radical (unpaired) electrons. The maximum absolute atomic E-state index is 13.1. The van der Waals surface area contributed by atoms with Gasteiger partial charge < -0.3 is 4.90 Å². The summed E-state index contributed by atoms with van der Waals surface area (Å²) in [6, 6.07) is 14.3. The van der Waals surface area contributed by atoms with E-state index in [2.05, 4.69) is 23.7 Å². The molecule has 3 rings (SSSR count). The number of halogens is 1. The molecule has 0 saturated carbocycles. The maximum atomic E-state index is 13.1. The molecular weight excluding hydrogens is 277 g/mol. The van der Waals surface area contributed by atoms with Crippen molar-refractivity contribution in [2.45, 2.75) is 13.8 Å². The van der Waals surface area contributed by atoms with Crippen molar-refractivity contribution < 1.29 is 4.39 Å². The number of hydrogen-bond acceptors (Lipinski definition) is 3. The van der Waals surface area contributed by atoms with E-state index < -0.39 is 0 Å². The first-order chi connectivity index (χ1) is 10.7. The van der Waals surface area contributed by atoms with E-state index in [0.29, 0.717) is 5.82 Å². The van der Waals surface area contributed by atoms with Crippen molar-refractivity contribution in [3.63, 3.8) is 0 Å².